The van der Waals surface area contributed by atoms with Crippen molar-refractivity contribution in [1.82, 2.24) is 0 Å². The molecule has 1 heterocycles. The van der Waals surface area contributed by atoms with Crippen LogP contribution in [0.25, 0.3) is 0 Å². The Kier molecular flexibility index (Phi) is 4.39. The summed E-state index contributed by atoms with van der Waals surface area (Å²) in [5, 5.41) is 0. The van der Waals surface area contributed by atoms with Crippen molar-refractivity contribution in [2.45, 2.75) is 63.6 Å². The highest BCUT2D eigenvalue weighted by atomic mass is 16.5. The molecule has 1 aromatic rings. The van der Waals surface area contributed by atoms with Crippen molar-refractivity contribution in [1.29, 1.82) is 0 Å². The van der Waals surface area contributed by atoms with E-state index in [1.807, 2.05) is 12.1 Å². The van der Waals surface area contributed by atoms with Crippen LogP contribution in [0.5, 0.6) is 0 Å². The smallest absolute Gasteiger partial charge is 0.0758 e. The van der Waals surface area contributed by atoms with Gasteiger partial charge in [0.2, 0.25) is 0 Å². The summed E-state index contributed by atoms with van der Waals surface area (Å²) in [7, 11) is 0. The van der Waals surface area contributed by atoms with Crippen LogP contribution in [0.15, 0.2) is 24.3 Å². The van der Waals surface area contributed by atoms with Crippen LogP contribution in [0.4, 0.5) is 11.4 Å². The van der Waals surface area contributed by atoms with Crippen molar-refractivity contribution in [2.75, 3.05) is 23.7 Å². The first-order valence-corrected chi connectivity index (χ1v) is 8.50. The highest BCUT2D eigenvalue weighted by Gasteiger charge is 2.41. The Morgan fingerprint density at radius 3 is 2.67 bits per heavy atom. The fraction of sp³-hybridized carbons (Fsp3) is 0.667. The fourth-order valence-electron chi connectivity index (χ4n) is 4.01. The number of para-hydroxylation sites is 2. The zero-order valence-corrected chi connectivity index (χ0v) is 13.2. The van der Waals surface area contributed by atoms with Crippen molar-refractivity contribution < 1.29 is 4.74 Å². The number of anilines is 2. The number of benzene rings is 1. The van der Waals surface area contributed by atoms with E-state index in [9.17, 15) is 0 Å². The first-order chi connectivity index (χ1) is 10.2. The SMILES string of the molecule is CCN(CC1CCC2(CCCCC2)O1)c1ccccc1N. The van der Waals surface area contributed by atoms with E-state index in [-0.39, 0.29) is 5.60 Å². The third-order valence-electron chi connectivity index (χ3n) is 5.19. The van der Waals surface area contributed by atoms with Gasteiger partial charge in [-0.05, 0) is 44.7 Å². The van der Waals surface area contributed by atoms with Crippen LogP contribution in [0.3, 0.4) is 0 Å². The number of nitrogens with zero attached hydrogens (tertiary/aromatic N) is 1. The minimum atomic E-state index is 0.213. The summed E-state index contributed by atoms with van der Waals surface area (Å²) in [6.45, 7) is 4.13. The number of hydrogen-bond donors (Lipinski definition) is 1. The van der Waals surface area contributed by atoms with Gasteiger partial charge in [-0.3, -0.25) is 0 Å². The minimum absolute atomic E-state index is 0.213. The molecule has 116 valence electrons. The molecule has 1 aromatic carbocycles. The van der Waals surface area contributed by atoms with Gasteiger partial charge >= 0.3 is 0 Å². The Hall–Kier alpha value is -1.22. The van der Waals surface area contributed by atoms with E-state index in [1.165, 1.54) is 44.9 Å². The number of hydrogen-bond acceptors (Lipinski definition) is 3. The molecule has 1 saturated heterocycles. The largest absolute Gasteiger partial charge is 0.397 e. The Morgan fingerprint density at radius 1 is 1.19 bits per heavy atom. The minimum Gasteiger partial charge on any atom is -0.397 e. The summed E-state index contributed by atoms with van der Waals surface area (Å²) in [6.07, 6.45) is 9.42. The van der Waals surface area contributed by atoms with Gasteiger partial charge in [-0.1, -0.05) is 31.4 Å². The molecule has 2 N–H and O–H groups in total. The van der Waals surface area contributed by atoms with Gasteiger partial charge in [0.1, 0.15) is 0 Å². The van der Waals surface area contributed by atoms with E-state index >= 15 is 0 Å². The average molecular weight is 288 g/mol. The molecule has 0 bridgehead atoms. The maximum absolute atomic E-state index is 6.50. The Morgan fingerprint density at radius 2 is 1.95 bits per heavy atom. The molecule has 2 fully saturated rings. The lowest BCUT2D eigenvalue weighted by Crippen LogP contribution is -2.36. The van der Waals surface area contributed by atoms with Gasteiger partial charge < -0.3 is 15.4 Å². The molecule has 1 unspecified atom stereocenters. The van der Waals surface area contributed by atoms with Crippen LogP contribution in [-0.2, 0) is 4.74 Å². The van der Waals surface area contributed by atoms with E-state index in [1.54, 1.807) is 0 Å². The Balaban J connectivity index is 1.64. The Labute approximate surface area is 128 Å². The van der Waals surface area contributed by atoms with E-state index in [0.29, 0.717) is 6.10 Å². The van der Waals surface area contributed by atoms with Gasteiger partial charge in [-0.15, -0.1) is 0 Å². The van der Waals surface area contributed by atoms with E-state index in [0.717, 1.165) is 24.5 Å². The summed E-state index contributed by atoms with van der Waals surface area (Å²) >= 11 is 0. The lowest BCUT2D eigenvalue weighted by atomic mass is 9.83. The van der Waals surface area contributed by atoms with Crippen LogP contribution in [0, 0.1) is 0 Å². The maximum atomic E-state index is 6.50. The quantitative estimate of drug-likeness (QED) is 0.852. The van der Waals surface area contributed by atoms with Crippen LogP contribution >= 0.6 is 0 Å². The molecule has 0 aromatic heterocycles. The topological polar surface area (TPSA) is 38.5 Å². The average Bonchev–Trinajstić information content (AvgIpc) is 2.89. The summed E-state index contributed by atoms with van der Waals surface area (Å²) < 4.78 is 6.50. The van der Waals surface area contributed by atoms with Gasteiger partial charge in [0.05, 0.1) is 23.1 Å². The third kappa shape index (κ3) is 3.18. The molecule has 0 radical (unpaired) electrons. The number of rotatable bonds is 4. The van der Waals surface area contributed by atoms with Gasteiger partial charge in [-0.25, -0.2) is 0 Å². The number of nitrogen functional groups attached to an aromatic ring is 1. The molecule has 2 aliphatic rings. The van der Waals surface area contributed by atoms with Crippen LogP contribution in [0.1, 0.15) is 51.9 Å². The second-order valence-electron chi connectivity index (χ2n) is 6.62. The summed E-state index contributed by atoms with van der Waals surface area (Å²) in [5.74, 6) is 0. The van der Waals surface area contributed by atoms with Crippen molar-refractivity contribution >= 4 is 11.4 Å². The molecular weight excluding hydrogens is 260 g/mol. The first kappa shape index (κ1) is 14.7. The number of likely N-dealkylation sites (N-methyl/N-ethyl adjacent to an activating group) is 1. The second-order valence-corrected chi connectivity index (χ2v) is 6.62. The van der Waals surface area contributed by atoms with Crippen LogP contribution < -0.4 is 10.6 Å². The number of ether oxygens (including phenoxy) is 1. The maximum Gasteiger partial charge on any atom is 0.0758 e. The molecule has 0 amide bonds. The van der Waals surface area contributed by atoms with Crippen molar-refractivity contribution in [2.24, 2.45) is 0 Å². The molecule has 3 nitrogen and oxygen atoms in total. The van der Waals surface area contributed by atoms with Crippen molar-refractivity contribution in [3.05, 3.63) is 24.3 Å². The number of nitrogens with two attached hydrogens (primary N) is 1. The molecule has 3 rings (SSSR count). The molecular formula is C18H28N2O. The lowest BCUT2D eigenvalue weighted by molar-refractivity contribution is -0.0604. The molecule has 3 heteroatoms. The van der Waals surface area contributed by atoms with Gasteiger partial charge in [0.15, 0.2) is 0 Å². The summed E-state index contributed by atoms with van der Waals surface area (Å²) in [6, 6.07) is 8.16. The normalized spacial score (nSPS) is 24.3. The molecule has 1 saturated carbocycles. The third-order valence-corrected chi connectivity index (χ3v) is 5.19. The molecule has 1 aliphatic carbocycles. The molecule has 1 spiro atoms. The van der Waals surface area contributed by atoms with Crippen molar-refractivity contribution in [3.8, 4) is 0 Å². The molecule has 21 heavy (non-hydrogen) atoms. The van der Waals surface area contributed by atoms with Crippen molar-refractivity contribution in [3.63, 3.8) is 0 Å². The predicted octanol–water partition coefficient (Wildman–Crippen LogP) is 3.98. The zero-order valence-electron chi connectivity index (χ0n) is 13.2. The highest BCUT2D eigenvalue weighted by Crippen LogP contribution is 2.42. The predicted molar refractivity (Wildman–Crippen MR) is 88.7 cm³/mol. The van der Waals surface area contributed by atoms with Gasteiger partial charge in [-0.2, -0.15) is 0 Å². The van der Waals surface area contributed by atoms with E-state index in [2.05, 4.69) is 24.0 Å². The fourth-order valence-corrected chi connectivity index (χ4v) is 4.01. The molecule has 1 atom stereocenters. The van der Waals surface area contributed by atoms with E-state index < -0.39 is 0 Å². The Bertz CT molecular complexity index is 468. The summed E-state index contributed by atoms with van der Waals surface area (Å²) in [4.78, 5) is 2.36. The van der Waals surface area contributed by atoms with Crippen LogP contribution in [-0.4, -0.2) is 24.8 Å². The molecule has 1 aliphatic heterocycles. The monoisotopic (exact) mass is 288 g/mol. The van der Waals surface area contributed by atoms with Crippen LogP contribution in [0.2, 0.25) is 0 Å². The van der Waals surface area contributed by atoms with Gasteiger partial charge in [0.25, 0.3) is 0 Å². The van der Waals surface area contributed by atoms with Gasteiger partial charge in [0, 0.05) is 13.1 Å². The van der Waals surface area contributed by atoms with E-state index in [4.69, 9.17) is 10.5 Å². The lowest BCUT2D eigenvalue weighted by Gasteiger charge is -2.34. The standard InChI is InChI=1S/C18H28N2O/c1-2-20(17-9-5-4-8-16(17)19)14-15-10-13-18(21-15)11-6-3-7-12-18/h4-5,8-9,15H,2-3,6-7,10-14,19H2,1H3. The zero-order chi connectivity index (χ0) is 14.7. The first-order valence-electron chi connectivity index (χ1n) is 8.50. The highest BCUT2D eigenvalue weighted by molar-refractivity contribution is 5.67. The second kappa shape index (κ2) is 6.27. The summed E-state index contributed by atoms with van der Waals surface area (Å²) in [5.41, 5.74) is 8.35.